The van der Waals surface area contributed by atoms with Crippen LogP contribution in [-0.2, 0) is 10.3 Å². The zero-order valence-electron chi connectivity index (χ0n) is 12.3. The van der Waals surface area contributed by atoms with Gasteiger partial charge in [-0.25, -0.2) is 4.39 Å². The number of nitrogen functional groups attached to an aromatic ring is 1. The summed E-state index contributed by atoms with van der Waals surface area (Å²) in [6.45, 7) is 2.02. The van der Waals surface area contributed by atoms with Gasteiger partial charge in [0, 0.05) is 11.3 Å². The number of hydrogen-bond acceptors (Lipinski definition) is 4. The van der Waals surface area contributed by atoms with Crippen molar-refractivity contribution in [2.24, 2.45) is 10.7 Å². The van der Waals surface area contributed by atoms with Gasteiger partial charge in [-0.1, -0.05) is 30.3 Å². The van der Waals surface area contributed by atoms with Crippen LogP contribution in [0.25, 0.3) is 0 Å². The number of nitrogens with two attached hydrogens (primary N) is 2. The molecular weight excluding hydrogens is 281 g/mol. The molecule has 0 radical (unpaired) electrons. The molecule has 3 rings (SSSR count). The number of amidine groups is 1. The minimum absolute atomic E-state index is 0.230. The lowest BCUT2D eigenvalue weighted by Gasteiger charge is -2.34. The lowest BCUT2D eigenvalue weighted by atomic mass is 9.91. The van der Waals surface area contributed by atoms with E-state index in [-0.39, 0.29) is 12.4 Å². The van der Waals surface area contributed by atoms with Gasteiger partial charge < -0.3 is 16.2 Å². The highest BCUT2D eigenvalue weighted by molar-refractivity contribution is 5.87. The second-order valence-corrected chi connectivity index (χ2v) is 5.65. The minimum Gasteiger partial charge on any atom is -0.399 e. The Kier molecular flexibility index (Phi) is 3.58. The molecule has 4 nitrogen and oxygen atoms in total. The number of ether oxygens (including phenoxy) is 1. The van der Waals surface area contributed by atoms with E-state index in [1.54, 1.807) is 13.0 Å². The topological polar surface area (TPSA) is 73.6 Å². The van der Waals surface area contributed by atoms with Gasteiger partial charge in [0.25, 0.3) is 0 Å². The van der Waals surface area contributed by atoms with Crippen molar-refractivity contribution in [2.45, 2.75) is 18.6 Å². The highest BCUT2D eigenvalue weighted by Crippen LogP contribution is 2.35. The molecule has 4 N–H and O–H groups in total. The summed E-state index contributed by atoms with van der Waals surface area (Å²) in [4.78, 5) is 4.52. The second kappa shape index (κ2) is 5.42. The fourth-order valence-corrected chi connectivity index (χ4v) is 2.70. The van der Waals surface area contributed by atoms with Crippen LogP contribution in [0.2, 0.25) is 0 Å². The molecule has 0 fully saturated rings. The van der Waals surface area contributed by atoms with Crippen LogP contribution in [0, 0.1) is 5.82 Å². The third-order valence-corrected chi connectivity index (χ3v) is 3.85. The Bertz CT molecular complexity index is 717. The SMILES string of the molecule is C[C@@]1(c2cc(N)ccc2F)CO[C@H](c2ccccc2)C(N)=N1. The van der Waals surface area contributed by atoms with Gasteiger partial charge in [-0.2, -0.15) is 0 Å². The van der Waals surface area contributed by atoms with Gasteiger partial charge in [0.1, 0.15) is 23.3 Å². The smallest absolute Gasteiger partial charge is 0.139 e. The molecule has 1 heterocycles. The molecule has 2 atom stereocenters. The van der Waals surface area contributed by atoms with E-state index in [9.17, 15) is 4.39 Å². The summed E-state index contributed by atoms with van der Waals surface area (Å²) in [5.74, 6) is -0.0308. The van der Waals surface area contributed by atoms with E-state index in [0.717, 1.165) is 5.56 Å². The van der Waals surface area contributed by atoms with Gasteiger partial charge in [-0.05, 0) is 30.7 Å². The summed E-state index contributed by atoms with van der Waals surface area (Å²) in [6.07, 6.45) is -0.404. The van der Waals surface area contributed by atoms with E-state index in [2.05, 4.69) is 4.99 Å². The predicted octanol–water partition coefficient (Wildman–Crippen LogP) is 2.75. The van der Waals surface area contributed by atoms with Crippen molar-refractivity contribution < 1.29 is 9.13 Å². The van der Waals surface area contributed by atoms with Gasteiger partial charge in [0.15, 0.2) is 0 Å². The largest absolute Gasteiger partial charge is 0.399 e. The van der Waals surface area contributed by atoms with E-state index < -0.39 is 11.6 Å². The van der Waals surface area contributed by atoms with Crippen LogP contribution in [0.1, 0.15) is 24.2 Å². The fraction of sp³-hybridized carbons (Fsp3) is 0.235. The van der Waals surface area contributed by atoms with Crippen LogP contribution in [0.15, 0.2) is 53.5 Å². The Hall–Kier alpha value is -2.40. The van der Waals surface area contributed by atoms with Crippen molar-refractivity contribution in [1.29, 1.82) is 0 Å². The average molecular weight is 299 g/mol. The van der Waals surface area contributed by atoms with Gasteiger partial charge in [-0.15, -0.1) is 0 Å². The predicted molar refractivity (Wildman–Crippen MR) is 84.9 cm³/mol. The molecule has 1 aliphatic heterocycles. The van der Waals surface area contributed by atoms with E-state index in [1.165, 1.54) is 12.1 Å². The summed E-state index contributed by atoms with van der Waals surface area (Å²) >= 11 is 0. The van der Waals surface area contributed by atoms with E-state index >= 15 is 0 Å². The van der Waals surface area contributed by atoms with Gasteiger partial charge >= 0.3 is 0 Å². The van der Waals surface area contributed by atoms with Crippen molar-refractivity contribution in [3.63, 3.8) is 0 Å². The Morgan fingerprint density at radius 2 is 1.91 bits per heavy atom. The molecular formula is C17H18FN3O. The number of nitrogens with zero attached hydrogens (tertiary/aromatic N) is 1. The highest BCUT2D eigenvalue weighted by Gasteiger charge is 2.36. The van der Waals surface area contributed by atoms with Crippen molar-refractivity contribution in [2.75, 3.05) is 12.3 Å². The Morgan fingerprint density at radius 3 is 2.59 bits per heavy atom. The maximum Gasteiger partial charge on any atom is 0.139 e. The first-order valence-electron chi connectivity index (χ1n) is 7.07. The third kappa shape index (κ3) is 2.55. The molecule has 22 heavy (non-hydrogen) atoms. The van der Waals surface area contributed by atoms with Crippen LogP contribution in [0.4, 0.5) is 10.1 Å². The van der Waals surface area contributed by atoms with Gasteiger partial charge in [-0.3, -0.25) is 4.99 Å². The molecule has 0 unspecified atom stereocenters. The molecule has 0 aliphatic carbocycles. The summed E-state index contributed by atoms with van der Waals surface area (Å²) in [5.41, 5.74) is 12.8. The number of benzene rings is 2. The Morgan fingerprint density at radius 1 is 1.18 bits per heavy atom. The Labute approximate surface area is 128 Å². The van der Waals surface area contributed by atoms with E-state index in [1.807, 2.05) is 30.3 Å². The Balaban J connectivity index is 1.98. The number of halogens is 1. The van der Waals surface area contributed by atoms with Crippen molar-refractivity contribution >= 4 is 11.5 Å². The summed E-state index contributed by atoms with van der Waals surface area (Å²) in [5, 5.41) is 0. The normalized spacial score (nSPS) is 24.8. The molecule has 0 aromatic heterocycles. The number of rotatable bonds is 2. The quantitative estimate of drug-likeness (QED) is 0.837. The lowest BCUT2D eigenvalue weighted by molar-refractivity contribution is 0.0436. The van der Waals surface area contributed by atoms with Crippen molar-refractivity contribution in [1.82, 2.24) is 0 Å². The average Bonchev–Trinajstić information content (AvgIpc) is 2.50. The zero-order valence-corrected chi connectivity index (χ0v) is 12.3. The standard InChI is InChI=1S/C17H18FN3O/c1-17(13-9-12(19)7-8-14(13)18)10-22-15(16(20)21-17)11-5-3-2-4-6-11/h2-9,15H,10,19H2,1H3,(H2,20,21)/t15-,17+/m1/s1. The molecule has 5 heteroatoms. The molecule has 2 aromatic rings. The molecule has 0 spiro atoms. The van der Waals surface area contributed by atoms with E-state index in [0.29, 0.717) is 17.1 Å². The molecule has 114 valence electrons. The zero-order chi connectivity index (χ0) is 15.7. The van der Waals surface area contributed by atoms with Crippen LogP contribution in [0.3, 0.4) is 0 Å². The molecule has 0 amide bonds. The number of hydrogen-bond donors (Lipinski definition) is 2. The highest BCUT2D eigenvalue weighted by atomic mass is 19.1. The van der Waals surface area contributed by atoms with Crippen molar-refractivity contribution in [3.8, 4) is 0 Å². The summed E-state index contributed by atoms with van der Waals surface area (Å²) in [7, 11) is 0. The summed E-state index contributed by atoms with van der Waals surface area (Å²) < 4.78 is 20.0. The first-order chi connectivity index (χ1) is 10.5. The van der Waals surface area contributed by atoms with Crippen LogP contribution < -0.4 is 11.5 Å². The van der Waals surface area contributed by atoms with Crippen LogP contribution in [0.5, 0.6) is 0 Å². The number of aliphatic imine (C=N–C) groups is 1. The maximum atomic E-state index is 14.1. The van der Waals surface area contributed by atoms with Crippen LogP contribution in [-0.4, -0.2) is 12.4 Å². The maximum absolute atomic E-state index is 14.1. The molecule has 0 saturated carbocycles. The van der Waals surface area contributed by atoms with Gasteiger partial charge in [0.05, 0.1) is 6.61 Å². The molecule has 2 aromatic carbocycles. The monoisotopic (exact) mass is 299 g/mol. The second-order valence-electron chi connectivity index (χ2n) is 5.65. The summed E-state index contributed by atoms with van der Waals surface area (Å²) in [6, 6.07) is 14.0. The first-order valence-corrected chi connectivity index (χ1v) is 7.07. The van der Waals surface area contributed by atoms with Crippen molar-refractivity contribution in [3.05, 3.63) is 65.5 Å². The van der Waals surface area contributed by atoms with Crippen LogP contribution >= 0.6 is 0 Å². The third-order valence-electron chi connectivity index (χ3n) is 3.85. The lowest BCUT2D eigenvalue weighted by Crippen LogP contribution is -2.40. The number of anilines is 1. The first kappa shape index (κ1) is 14.5. The molecule has 0 bridgehead atoms. The molecule has 0 saturated heterocycles. The molecule has 1 aliphatic rings. The van der Waals surface area contributed by atoms with E-state index in [4.69, 9.17) is 16.2 Å². The van der Waals surface area contributed by atoms with Gasteiger partial charge in [0.2, 0.25) is 0 Å². The minimum atomic E-state index is -0.880. The fourth-order valence-electron chi connectivity index (χ4n) is 2.70.